The Morgan fingerprint density at radius 3 is 1.93 bits per heavy atom. The summed E-state index contributed by atoms with van der Waals surface area (Å²) in [7, 11) is 2.20. The van der Waals surface area contributed by atoms with Gasteiger partial charge in [-0.25, -0.2) is 0 Å². The molecule has 0 aromatic rings. The summed E-state index contributed by atoms with van der Waals surface area (Å²) in [5.74, 6) is 0. The Kier molecular flexibility index (Phi) is 12.6. The van der Waals surface area contributed by atoms with E-state index >= 15 is 0 Å². The number of hydrogen-bond acceptors (Lipinski definition) is 0. The highest BCUT2D eigenvalue weighted by Crippen LogP contribution is 2.09. The minimum atomic E-state index is 1.19. The van der Waals surface area contributed by atoms with Gasteiger partial charge in [-0.05, 0) is 12.8 Å². The summed E-state index contributed by atoms with van der Waals surface area (Å²) >= 11 is 0. The van der Waals surface area contributed by atoms with E-state index in [4.69, 9.17) is 0 Å². The third-order valence-corrected chi connectivity index (χ3v) is 2.63. The fourth-order valence-corrected chi connectivity index (χ4v) is 1.68. The molecule has 1 heteroatoms. The second kappa shape index (κ2) is 12.8. The molecule has 0 heterocycles. The summed E-state index contributed by atoms with van der Waals surface area (Å²) in [6, 6.07) is 0. The molecular formula is C13H27B. The minimum absolute atomic E-state index is 1.19. The Bertz CT molecular complexity index is 118. The van der Waals surface area contributed by atoms with Gasteiger partial charge in [-0.15, -0.1) is 0 Å². The molecule has 0 rings (SSSR count). The van der Waals surface area contributed by atoms with E-state index in [-0.39, 0.29) is 0 Å². The quantitative estimate of drug-likeness (QED) is 0.278. The van der Waals surface area contributed by atoms with Crippen LogP contribution in [-0.2, 0) is 0 Å². The maximum Gasteiger partial charge on any atom is 0.106 e. The molecule has 0 radical (unpaired) electrons. The van der Waals surface area contributed by atoms with Crippen molar-refractivity contribution in [3.8, 4) is 0 Å². The van der Waals surface area contributed by atoms with Crippen LogP contribution < -0.4 is 0 Å². The summed E-state index contributed by atoms with van der Waals surface area (Å²) < 4.78 is 0. The lowest BCUT2D eigenvalue weighted by atomic mass is 10.0. The van der Waals surface area contributed by atoms with E-state index in [1.54, 1.807) is 0 Å². The molecule has 0 aromatic heterocycles. The molecule has 0 bridgehead atoms. The van der Waals surface area contributed by atoms with Crippen LogP contribution in [0.15, 0.2) is 12.2 Å². The van der Waals surface area contributed by atoms with Gasteiger partial charge in [0, 0.05) is 0 Å². The number of allylic oxidation sites excluding steroid dienone is 2. The first-order valence-electron chi connectivity index (χ1n) is 6.56. The monoisotopic (exact) mass is 194 g/mol. The minimum Gasteiger partial charge on any atom is -0.0964 e. The van der Waals surface area contributed by atoms with Crippen molar-refractivity contribution >= 4 is 7.85 Å². The smallest absolute Gasteiger partial charge is 0.0964 e. The Labute approximate surface area is 91.6 Å². The highest BCUT2D eigenvalue weighted by atomic mass is 14.0. The van der Waals surface area contributed by atoms with Crippen molar-refractivity contribution in [1.82, 2.24) is 0 Å². The van der Waals surface area contributed by atoms with Crippen molar-refractivity contribution < 1.29 is 0 Å². The predicted octanol–water partition coefficient (Wildman–Crippen LogP) is 4.12. The van der Waals surface area contributed by atoms with Crippen molar-refractivity contribution in [2.75, 3.05) is 0 Å². The first-order chi connectivity index (χ1) is 6.91. The predicted molar refractivity (Wildman–Crippen MR) is 69.7 cm³/mol. The zero-order valence-electron chi connectivity index (χ0n) is 10.2. The normalized spacial score (nSPS) is 11.2. The number of hydrogen-bond donors (Lipinski definition) is 0. The maximum atomic E-state index is 2.33. The van der Waals surface area contributed by atoms with E-state index < -0.39 is 0 Å². The van der Waals surface area contributed by atoms with Crippen LogP contribution in [0.2, 0.25) is 6.32 Å². The van der Waals surface area contributed by atoms with Gasteiger partial charge >= 0.3 is 0 Å². The van der Waals surface area contributed by atoms with Crippen LogP contribution in [0.25, 0.3) is 0 Å². The highest BCUT2D eigenvalue weighted by molar-refractivity contribution is 6.09. The van der Waals surface area contributed by atoms with Crippen molar-refractivity contribution in [1.29, 1.82) is 0 Å². The lowest BCUT2D eigenvalue weighted by Gasteiger charge is -1.99. The van der Waals surface area contributed by atoms with Gasteiger partial charge in [0.05, 0.1) is 0 Å². The summed E-state index contributed by atoms with van der Waals surface area (Å²) in [4.78, 5) is 0. The van der Waals surface area contributed by atoms with Crippen molar-refractivity contribution in [3.63, 3.8) is 0 Å². The topological polar surface area (TPSA) is 0 Å². The SMILES string of the molecule is BC/C=C/CCCCCCCCCC. The lowest BCUT2D eigenvalue weighted by Crippen LogP contribution is -1.79. The third-order valence-electron chi connectivity index (χ3n) is 2.63. The van der Waals surface area contributed by atoms with E-state index in [0.717, 1.165) is 0 Å². The molecule has 82 valence electrons. The van der Waals surface area contributed by atoms with Crippen LogP contribution in [-0.4, -0.2) is 7.85 Å². The molecule has 0 nitrogen and oxygen atoms in total. The first kappa shape index (κ1) is 13.8. The largest absolute Gasteiger partial charge is 0.106 e. The van der Waals surface area contributed by atoms with Crippen LogP contribution in [0.5, 0.6) is 0 Å². The Balaban J connectivity index is 2.88. The molecule has 0 amide bonds. The number of unbranched alkanes of at least 4 members (excludes halogenated alkanes) is 8. The molecule has 0 saturated carbocycles. The first-order valence-corrected chi connectivity index (χ1v) is 6.56. The second-order valence-electron chi connectivity index (χ2n) is 4.14. The molecule has 0 atom stereocenters. The lowest BCUT2D eigenvalue weighted by molar-refractivity contribution is 0.577. The maximum absolute atomic E-state index is 2.33. The molecule has 0 N–H and O–H groups in total. The van der Waals surface area contributed by atoms with Gasteiger partial charge in [0.1, 0.15) is 7.85 Å². The van der Waals surface area contributed by atoms with Gasteiger partial charge in [-0.1, -0.05) is 70.3 Å². The molecule has 0 aliphatic heterocycles. The van der Waals surface area contributed by atoms with Gasteiger partial charge in [-0.2, -0.15) is 0 Å². The van der Waals surface area contributed by atoms with Crippen LogP contribution in [0.4, 0.5) is 0 Å². The fraction of sp³-hybridized carbons (Fsp3) is 0.846. The van der Waals surface area contributed by atoms with Gasteiger partial charge in [0.2, 0.25) is 0 Å². The van der Waals surface area contributed by atoms with Gasteiger partial charge in [0.25, 0.3) is 0 Å². The van der Waals surface area contributed by atoms with Crippen LogP contribution in [0.3, 0.4) is 0 Å². The van der Waals surface area contributed by atoms with E-state index in [2.05, 4.69) is 26.9 Å². The average molecular weight is 194 g/mol. The van der Waals surface area contributed by atoms with Crippen LogP contribution in [0, 0.1) is 0 Å². The zero-order valence-corrected chi connectivity index (χ0v) is 10.2. The molecule has 14 heavy (non-hydrogen) atoms. The Morgan fingerprint density at radius 2 is 1.36 bits per heavy atom. The Morgan fingerprint density at radius 1 is 0.786 bits per heavy atom. The molecule has 0 fully saturated rings. The van der Waals surface area contributed by atoms with E-state index in [1.807, 2.05) is 0 Å². The van der Waals surface area contributed by atoms with Gasteiger partial charge < -0.3 is 0 Å². The summed E-state index contributed by atoms with van der Waals surface area (Å²) in [5.41, 5.74) is 0. The molecule has 0 aliphatic rings. The third kappa shape index (κ3) is 11.8. The summed E-state index contributed by atoms with van der Waals surface area (Å²) in [6.45, 7) is 2.28. The van der Waals surface area contributed by atoms with E-state index in [9.17, 15) is 0 Å². The standard InChI is InChI=1S/C13H27B/c1-2-3-4-5-6-7-8-9-10-11-12-13-14/h11-12H,2-10,13-14H2,1H3/b12-11+. The molecule has 0 spiro atoms. The summed E-state index contributed by atoms with van der Waals surface area (Å²) in [5, 5.41) is 0. The molecular weight excluding hydrogens is 167 g/mol. The molecule has 0 saturated heterocycles. The highest BCUT2D eigenvalue weighted by Gasteiger charge is 1.89. The molecule has 0 aliphatic carbocycles. The Hall–Kier alpha value is -0.195. The zero-order chi connectivity index (χ0) is 10.5. The van der Waals surface area contributed by atoms with Crippen molar-refractivity contribution in [3.05, 3.63) is 12.2 Å². The van der Waals surface area contributed by atoms with Crippen molar-refractivity contribution in [2.45, 2.75) is 71.0 Å². The number of rotatable bonds is 10. The van der Waals surface area contributed by atoms with Gasteiger partial charge in [-0.3, -0.25) is 0 Å². The summed E-state index contributed by atoms with van der Waals surface area (Å²) in [6.07, 6.45) is 18.5. The molecule has 0 aromatic carbocycles. The van der Waals surface area contributed by atoms with Crippen molar-refractivity contribution in [2.24, 2.45) is 0 Å². The van der Waals surface area contributed by atoms with E-state index in [0.29, 0.717) is 0 Å². The average Bonchev–Trinajstić information content (AvgIpc) is 2.21. The fourth-order valence-electron chi connectivity index (χ4n) is 1.68. The van der Waals surface area contributed by atoms with E-state index in [1.165, 1.54) is 64.1 Å². The molecule has 0 unspecified atom stereocenters. The second-order valence-corrected chi connectivity index (χ2v) is 4.14. The van der Waals surface area contributed by atoms with Crippen LogP contribution in [0.1, 0.15) is 64.7 Å². The van der Waals surface area contributed by atoms with Crippen LogP contribution >= 0.6 is 0 Å². The van der Waals surface area contributed by atoms with Gasteiger partial charge in [0.15, 0.2) is 0 Å².